The van der Waals surface area contributed by atoms with Crippen LogP contribution < -0.4 is 5.32 Å². The molecule has 0 radical (unpaired) electrons. The zero-order chi connectivity index (χ0) is 17.3. The number of halogens is 6. The molecule has 0 spiro atoms. The lowest BCUT2D eigenvalue weighted by atomic mass is 10.1. The van der Waals surface area contributed by atoms with Crippen molar-refractivity contribution >= 4 is 23.0 Å². The Morgan fingerprint density at radius 2 is 1.35 bits per heavy atom. The van der Waals surface area contributed by atoms with Gasteiger partial charge in [-0.25, -0.2) is 0 Å². The van der Waals surface area contributed by atoms with Crippen LogP contribution in [0.4, 0.5) is 32.0 Å². The summed E-state index contributed by atoms with van der Waals surface area (Å²) < 4.78 is 76.7. The molecule has 0 unspecified atom stereocenters. The van der Waals surface area contributed by atoms with Gasteiger partial charge in [0.15, 0.2) is 5.11 Å². The number of benzene rings is 1. The summed E-state index contributed by atoms with van der Waals surface area (Å²) >= 11 is 5.08. The maximum atomic E-state index is 12.8. The third-order valence-corrected chi connectivity index (χ3v) is 3.84. The Hall–Kier alpha value is -1.51. The molecule has 1 fully saturated rings. The van der Waals surface area contributed by atoms with E-state index in [1.165, 1.54) is 0 Å². The second-order valence-electron chi connectivity index (χ2n) is 5.27. The fraction of sp³-hybridized carbons (Fsp3) is 0.500. The summed E-state index contributed by atoms with van der Waals surface area (Å²) in [5, 5.41) is 2.63. The molecule has 9 heteroatoms. The van der Waals surface area contributed by atoms with Gasteiger partial charge in [0, 0.05) is 18.8 Å². The zero-order valence-corrected chi connectivity index (χ0v) is 12.7. The van der Waals surface area contributed by atoms with E-state index < -0.39 is 23.5 Å². The molecule has 0 saturated carbocycles. The van der Waals surface area contributed by atoms with Gasteiger partial charge in [0.2, 0.25) is 0 Å². The average Bonchev–Trinajstić information content (AvgIpc) is 2.46. The molecule has 0 amide bonds. The molecule has 23 heavy (non-hydrogen) atoms. The molecule has 1 saturated heterocycles. The molecule has 1 aromatic rings. The minimum atomic E-state index is -4.87. The van der Waals surface area contributed by atoms with E-state index in [-0.39, 0.29) is 16.9 Å². The molecule has 1 aliphatic heterocycles. The summed E-state index contributed by atoms with van der Waals surface area (Å²) in [6.07, 6.45) is -6.94. The highest BCUT2D eigenvalue weighted by Crippen LogP contribution is 2.37. The Balaban J connectivity index is 2.28. The Kier molecular flexibility index (Phi) is 5.07. The summed E-state index contributed by atoms with van der Waals surface area (Å²) in [5.74, 6) is 0. The van der Waals surface area contributed by atoms with E-state index in [1.54, 1.807) is 4.90 Å². The first kappa shape index (κ1) is 17.8. The van der Waals surface area contributed by atoms with Gasteiger partial charge >= 0.3 is 12.4 Å². The number of hydrogen-bond acceptors (Lipinski definition) is 1. The highest BCUT2D eigenvalue weighted by atomic mass is 32.1. The van der Waals surface area contributed by atoms with Gasteiger partial charge in [0.25, 0.3) is 0 Å². The lowest BCUT2D eigenvalue weighted by Gasteiger charge is -2.29. The molecular weight excluding hydrogens is 342 g/mol. The Bertz CT molecular complexity index is 543. The van der Waals surface area contributed by atoms with Crippen LogP contribution in [0.2, 0.25) is 0 Å². The van der Waals surface area contributed by atoms with E-state index in [0.29, 0.717) is 25.2 Å². The third kappa shape index (κ3) is 4.73. The molecule has 0 aliphatic carbocycles. The van der Waals surface area contributed by atoms with E-state index in [1.807, 2.05) is 0 Å². The molecule has 1 heterocycles. The molecule has 2 nitrogen and oxygen atoms in total. The van der Waals surface area contributed by atoms with E-state index in [0.717, 1.165) is 19.3 Å². The molecule has 0 bridgehead atoms. The summed E-state index contributed by atoms with van der Waals surface area (Å²) in [7, 11) is 0. The van der Waals surface area contributed by atoms with E-state index in [2.05, 4.69) is 5.32 Å². The Labute approximate surface area is 134 Å². The first-order valence-electron chi connectivity index (χ1n) is 6.93. The van der Waals surface area contributed by atoms with Gasteiger partial charge < -0.3 is 10.2 Å². The number of nitrogens with one attached hydrogen (secondary N) is 1. The molecule has 1 N–H and O–H groups in total. The first-order valence-corrected chi connectivity index (χ1v) is 7.33. The van der Waals surface area contributed by atoms with Crippen molar-refractivity contribution in [2.45, 2.75) is 31.6 Å². The van der Waals surface area contributed by atoms with Crippen molar-refractivity contribution in [1.29, 1.82) is 0 Å². The van der Waals surface area contributed by atoms with Gasteiger partial charge in [-0.2, -0.15) is 26.3 Å². The van der Waals surface area contributed by atoms with Crippen LogP contribution in [0.25, 0.3) is 0 Å². The van der Waals surface area contributed by atoms with Crippen LogP contribution in [-0.2, 0) is 12.4 Å². The largest absolute Gasteiger partial charge is 0.416 e. The minimum absolute atomic E-state index is 0.0924. The van der Waals surface area contributed by atoms with Crippen LogP contribution >= 0.6 is 12.2 Å². The Morgan fingerprint density at radius 1 is 0.870 bits per heavy atom. The zero-order valence-electron chi connectivity index (χ0n) is 11.9. The number of rotatable bonds is 1. The number of anilines is 1. The van der Waals surface area contributed by atoms with Crippen LogP contribution in [0.1, 0.15) is 30.4 Å². The van der Waals surface area contributed by atoms with Crippen molar-refractivity contribution in [3.8, 4) is 0 Å². The van der Waals surface area contributed by atoms with Gasteiger partial charge in [0.1, 0.15) is 0 Å². The highest BCUT2D eigenvalue weighted by molar-refractivity contribution is 7.80. The smallest absolute Gasteiger partial charge is 0.349 e. The number of likely N-dealkylation sites (tertiary alicyclic amines) is 1. The van der Waals surface area contributed by atoms with Crippen molar-refractivity contribution < 1.29 is 26.3 Å². The molecular formula is C14H14F6N2S. The van der Waals surface area contributed by atoms with Crippen molar-refractivity contribution in [2.24, 2.45) is 0 Å². The van der Waals surface area contributed by atoms with Crippen LogP contribution in [-0.4, -0.2) is 23.1 Å². The summed E-state index contributed by atoms with van der Waals surface area (Å²) in [4.78, 5) is 1.74. The van der Waals surface area contributed by atoms with Crippen LogP contribution in [0, 0.1) is 0 Å². The van der Waals surface area contributed by atoms with Gasteiger partial charge in [-0.3, -0.25) is 0 Å². The second kappa shape index (κ2) is 6.54. The summed E-state index contributed by atoms with van der Waals surface area (Å²) in [5.41, 5.74) is -3.05. The summed E-state index contributed by atoms with van der Waals surface area (Å²) in [6, 6.07) is 1.35. The van der Waals surface area contributed by atoms with E-state index in [4.69, 9.17) is 12.2 Å². The third-order valence-electron chi connectivity index (χ3n) is 3.48. The SMILES string of the molecule is FC(F)(F)c1cc(NC(=S)N2CCCCC2)cc(C(F)(F)F)c1. The summed E-state index contributed by atoms with van der Waals surface area (Å²) in [6.45, 7) is 1.27. The van der Waals surface area contributed by atoms with Crippen LogP contribution in [0.5, 0.6) is 0 Å². The maximum Gasteiger partial charge on any atom is 0.416 e. The van der Waals surface area contributed by atoms with Crippen LogP contribution in [0.15, 0.2) is 18.2 Å². The lowest BCUT2D eigenvalue weighted by Crippen LogP contribution is -2.38. The van der Waals surface area contributed by atoms with Crippen molar-refractivity contribution in [3.05, 3.63) is 29.3 Å². The average molecular weight is 356 g/mol. The Morgan fingerprint density at radius 3 is 1.78 bits per heavy atom. The van der Waals surface area contributed by atoms with Gasteiger partial charge in [0.05, 0.1) is 11.1 Å². The van der Waals surface area contributed by atoms with Crippen LogP contribution in [0.3, 0.4) is 0 Å². The topological polar surface area (TPSA) is 15.3 Å². The van der Waals surface area contributed by atoms with Gasteiger partial charge in [-0.05, 0) is 49.7 Å². The lowest BCUT2D eigenvalue weighted by molar-refractivity contribution is -0.143. The van der Waals surface area contributed by atoms with Crippen molar-refractivity contribution in [2.75, 3.05) is 18.4 Å². The maximum absolute atomic E-state index is 12.8. The molecule has 0 atom stereocenters. The molecule has 1 aliphatic rings. The van der Waals surface area contributed by atoms with Gasteiger partial charge in [-0.15, -0.1) is 0 Å². The predicted molar refractivity (Wildman–Crippen MR) is 78.1 cm³/mol. The molecule has 1 aromatic carbocycles. The second-order valence-corrected chi connectivity index (χ2v) is 5.66. The normalized spacial score (nSPS) is 16.3. The minimum Gasteiger partial charge on any atom is -0.349 e. The molecule has 0 aromatic heterocycles. The standard InChI is InChI=1S/C14H14F6N2S/c15-13(16,17)9-6-10(14(18,19)20)8-11(7-9)21-12(23)22-4-2-1-3-5-22/h6-8H,1-5H2,(H,21,23). The van der Waals surface area contributed by atoms with Crippen molar-refractivity contribution in [3.63, 3.8) is 0 Å². The monoisotopic (exact) mass is 356 g/mol. The number of piperidine rings is 1. The van der Waals surface area contributed by atoms with Crippen molar-refractivity contribution in [1.82, 2.24) is 4.90 Å². The number of hydrogen-bond donors (Lipinski definition) is 1. The fourth-order valence-corrected chi connectivity index (χ4v) is 2.63. The number of alkyl halides is 6. The van der Waals surface area contributed by atoms with E-state index >= 15 is 0 Å². The van der Waals surface area contributed by atoms with Gasteiger partial charge in [-0.1, -0.05) is 0 Å². The number of thiocarbonyl (C=S) groups is 1. The molecule has 128 valence electrons. The first-order chi connectivity index (χ1) is 10.6. The van der Waals surface area contributed by atoms with E-state index in [9.17, 15) is 26.3 Å². The highest BCUT2D eigenvalue weighted by Gasteiger charge is 2.37. The number of nitrogens with zero attached hydrogens (tertiary/aromatic N) is 1. The predicted octanol–water partition coefficient (Wildman–Crippen LogP) is 4.91. The quantitative estimate of drug-likeness (QED) is 0.569. The molecule has 2 rings (SSSR count). The fourth-order valence-electron chi connectivity index (χ4n) is 2.33.